The lowest BCUT2D eigenvalue weighted by atomic mass is 10.1. The Morgan fingerprint density at radius 3 is 2.40 bits per heavy atom. The summed E-state index contributed by atoms with van der Waals surface area (Å²) in [6, 6.07) is 14.0. The predicted molar refractivity (Wildman–Crippen MR) is 155 cm³/mol. The fraction of sp³-hybridized carbons (Fsp3) is 0.393. The number of amides is 1. The van der Waals surface area contributed by atoms with Gasteiger partial charge in [0.15, 0.2) is 0 Å². The third-order valence-corrected chi connectivity index (χ3v) is 7.38. The Kier molecular flexibility index (Phi) is 10.8. The van der Waals surface area contributed by atoms with Crippen LogP contribution in [0.1, 0.15) is 58.4 Å². The monoisotopic (exact) mass is 570 g/mol. The minimum Gasteiger partial charge on any atom is -0.494 e. The molecule has 0 fully saturated rings. The molecule has 0 radical (unpaired) electrons. The van der Waals surface area contributed by atoms with E-state index < -0.39 is 15.6 Å². The van der Waals surface area contributed by atoms with Crippen molar-refractivity contribution in [3.8, 4) is 5.75 Å². The second-order valence-electron chi connectivity index (χ2n) is 10.4. The molecule has 0 saturated carbocycles. The maximum absolute atomic E-state index is 12.7. The predicted octanol–water partition coefficient (Wildman–Crippen LogP) is 5.18. The molecule has 2 aromatic carbocycles. The molecule has 12 heteroatoms. The molecule has 0 saturated heterocycles. The van der Waals surface area contributed by atoms with Gasteiger partial charge in [0.05, 0.1) is 11.5 Å². The average Bonchev–Trinajstić information content (AvgIpc) is 2.89. The van der Waals surface area contributed by atoms with E-state index in [1.165, 1.54) is 0 Å². The van der Waals surface area contributed by atoms with E-state index in [2.05, 4.69) is 25.3 Å². The molecular formula is C28H38N6O5S. The number of nitrogens with one attached hydrogen (secondary N) is 4. The lowest BCUT2D eigenvalue weighted by molar-refractivity contribution is -0.129. The number of hydroxylamine groups is 1. The van der Waals surface area contributed by atoms with Crippen LogP contribution in [0.15, 0.2) is 59.6 Å². The fourth-order valence-electron chi connectivity index (χ4n) is 3.72. The summed E-state index contributed by atoms with van der Waals surface area (Å²) in [6.07, 6.45) is 5.44. The van der Waals surface area contributed by atoms with Crippen molar-refractivity contribution in [1.82, 2.24) is 20.2 Å². The summed E-state index contributed by atoms with van der Waals surface area (Å²) in [7, 11) is -3.68. The summed E-state index contributed by atoms with van der Waals surface area (Å²) < 4.78 is 33.9. The Hall–Kier alpha value is -3.74. The SMILES string of the molecule is Cc1cnc(Nc2ccc(OCCCCCCC(=O)NO)cc2)nc1Nc1cccc(S(=O)(=O)NC(C)(C)C)c1. The smallest absolute Gasteiger partial charge is 0.243 e. The molecule has 1 heterocycles. The third-order valence-electron chi connectivity index (χ3n) is 5.62. The van der Waals surface area contributed by atoms with E-state index in [-0.39, 0.29) is 10.8 Å². The zero-order chi connectivity index (χ0) is 29.2. The zero-order valence-corrected chi connectivity index (χ0v) is 24.1. The molecule has 3 aromatic rings. The van der Waals surface area contributed by atoms with E-state index in [9.17, 15) is 13.2 Å². The van der Waals surface area contributed by atoms with E-state index in [1.54, 1.807) is 56.7 Å². The summed E-state index contributed by atoms with van der Waals surface area (Å²) in [4.78, 5) is 20.1. The van der Waals surface area contributed by atoms with Gasteiger partial charge in [0.2, 0.25) is 21.9 Å². The van der Waals surface area contributed by atoms with Crippen LogP contribution in [0.3, 0.4) is 0 Å². The second-order valence-corrected chi connectivity index (χ2v) is 12.1. The van der Waals surface area contributed by atoms with Gasteiger partial charge in [-0.05, 0) is 83.0 Å². The van der Waals surface area contributed by atoms with Crippen molar-refractivity contribution in [3.05, 3.63) is 60.3 Å². The summed E-state index contributed by atoms with van der Waals surface area (Å²) in [5.41, 5.74) is 3.20. The van der Waals surface area contributed by atoms with Crippen LogP contribution in [0, 0.1) is 6.92 Å². The van der Waals surface area contributed by atoms with Gasteiger partial charge in [-0.2, -0.15) is 4.98 Å². The van der Waals surface area contributed by atoms with Crippen molar-refractivity contribution < 1.29 is 23.2 Å². The van der Waals surface area contributed by atoms with E-state index in [4.69, 9.17) is 9.94 Å². The highest BCUT2D eigenvalue weighted by Crippen LogP contribution is 2.24. The van der Waals surface area contributed by atoms with Crippen LogP contribution >= 0.6 is 0 Å². The highest BCUT2D eigenvalue weighted by molar-refractivity contribution is 7.89. The Bertz CT molecular complexity index is 1370. The molecule has 0 aliphatic carbocycles. The lowest BCUT2D eigenvalue weighted by Crippen LogP contribution is -2.40. The molecular weight excluding hydrogens is 532 g/mol. The van der Waals surface area contributed by atoms with Gasteiger partial charge in [-0.1, -0.05) is 18.9 Å². The first-order valence-corrected chi connectivity index (χ1v) is 14.6. The number of unbranched alkanes of at least 4 members (excludes halogenated alkanes) is 3. The average molecular weight is 571 g/mol. The number of carbonyl (C=O) groups excluding carboxylic acids is 1. The standard InChI is InChI=1S/C28H38N6O5S/c1-20-19-29-27(31-21-13-15-23(16-14-21)39-17-8-6-5-7-12-25(35)33-36)32-26(20)30-22-10-9-11-24(18-22)40(37,38)34-28(2,3)4/h9-11,13-16,18-19,34,36H,5-8,12,17H2,1-4H3,(H,33,35)(H2,29,30,31,32). The van der Waals surface area contributed by atoms with Gasteiger partial charge in [-0.3, -0.25) is 10.0 Å². The highest BCUT2D eigenvalue weighted by atomic mass is 32.2. The van der Waals surface area contributed by atoms with Crippen molar-refractivity contribution in [3.63, 3.8) is 0 Å². The lowest BCUT2D eigenvalue weighted by Gasteiger charge is -2.20. The molecule has 1 aromatic heterocycles. The molecule has 1 amide bonds. The minimum atomic E-state index is -3.68. The number of sulfonamides is 1. The fourth-order valence-corrected chi connectivity index (χ4v) is 5.18. The van der Waals surface area contributed by atoms with E-state index in [0.29, 0.717) is 30.5 Å². The first kappa shape index (κ1) is 30.8. The Morgan fingerprint density at radius 1 is 0.975 bits per heavy atom. The number of aromatic nitrogens is 2. The molecule has 0 spiro atoms. The molecule has 0 atom stereocenters. The first-order chi connectivity index (χ1) is 18.9. The molecule has 3 rings (SSSR count). The Labute approximate surface area is 235 Å². The van der Waals surface area contributed by atoms with Crippen LogP contribution in [0.25, 0.3) is 0 Å². The van der Waals surface area contributed by atoms with Gasteiger partial charge in [-0.25, -0.2) is 23.6 Å². The topological polar surface area (TPSA) is 155 Å². The van der Waals surface area contributed by atoms with Gasteiger partial charge in [0.25, 0.3) is 0 Å². The van der Waals surface area contributed by atoms with E-state index in [1.807, 2.05) is 31.2 Å². The Morgan fingerprint density at radius 2 is 1.70 bits per heavy atom. The van der Waals surface area contributed by atoms with Gasteiger partial charge in [0, 0.05) is 35.1 Å². The zero-order valence-electron chi connectivity index (χ0n) is 23.3. The molecule has 0 aliphatic rings. The van der Waals surface area contributed by atoms with Crippen LogP contribution in [0.5, 0.6) is 5.75 Å². The second kappa shape index (κ2) is 14.1. The first-order valence-electron chi connectivity index (χ1n) is 13.1. The maximum Gasteiger partial charge on any atom is 0.243 e. The van der Waals surface area contributed by atoms with Crippen LogP contribution < -0.4 is 25.6 Å². The third kappa shape index (κ3) is 10.1. The molecule has 0 bridgehead atoms. The molecule has 5 N–H and O–H groups in total. The maximum atomic E-state index is 12.7. The number of hydrogen-bond acceptors (Lipinski definition) is 9. The summed E-state index contributed by atoms with van der Waals surface area (Å²) in [5.74, 6) is 1.32. The number of hydrogen-bond donors (Lipinski definition) is 5. The number of anilines is 4. The largest absolute Gasteiger partial charge is 0.494 e. The van der Waals surface area contributed by atoms with E-state index in [0.717, 1.165) is 42.7 Å². The van der Waals surface area contributed by atoms with Crippen molar-refractivity contribution >= 4 is 39.1 Å². The molecule has 40 heavy (non-hydrogen) atoms. The molecule has 0 unspecified atom stereocenters. The molecule has 11 nitrogen and oxygen atoms in total. The number of aryl methyl sites for hydroxylation is 1. The van der Waals surface area contributed by atoms with E-state index >= 15 is 0 Å². The summed E-state index contributed by atoms with van der Waals surface area (Å²) in [6.45, 7) is 7.82. The normalized spacial score (nSPS) is 11.6. The van der Waals surface area contributed by atoms with Crippen LogP contribution in [0.2, 0.25) is 0 Å². The summed E-state index contributed by atoms with van der Waals surface area (Å²) in [5, 5.41) is 14.9. The van der Waals surface area contributed by atoms with Crippen molar-refractivity contribution in [2.75, 3.05) is 17.2 Å². The van der Waals surface area contributed by atoms with Gasteiger partial charge in [-0.15, -0.1) is 0 Å². The number of benzene rings is 2. The quantitative estimate of drug-likeness (QED) is 0.100. The summed E-state index contributed by atoms with van der Waals surface area (Å²) >= 11 is 0. The van der Waals surface area contributed by atoms with Crippen molar-refractivity contribution in [1.29, 1.82) is 0 Å². The molecule has 216 valence electrons. The highest BCUT2D eigenvalue weighted by Gasteiger charge is 2.22. The van der Waals surface area contributed by atoms with Crippen LogP contribution in [-0.2, 0) is 14.8 Å². The minimum absolute atomic E-state index is 0.159. The Balaban J connectivity index is 1.55. The molecule has 0 aliphatic heterocycles. The van der Waals surface area contributed by atoms with Gasteiger partial charge >= 0.3 is 0 Å². The number of ether oxygens (including phenoxy) is 1. The number of nitrogens with zero attached hydrogens (tertiary/aromatic N) is 2. The van der Waals surface area contributed by atoms with Crippen LogP contribution in [0.4, 0.5) is 23.1 Å². The van der Waals surface area contributed by atoms with Gasteiger partial charge in [0.1, 0.15) is 11.6 Å². The van der Waals surface area contributed by atoms with Gasteiger partial charge < -0.3 is 15.4 Å². The number of rotatable bonds is 14. The van der Waals surface area contributed by atoms with Crippen molar-refractivity contribution in [2.45, 2.75) is 70.2 Å². The van der Waals surface area contributed by atoms with Crippen molar-refractivity contribution in [2.24, 2.45) is 0 Å². The van der Waals surface area contributed by atoms with Crippen LogP contribution in [-0.4, -0.2) is 41.6 Å². The number of carbonyl (C=O) groups is 1.